The van der Waals surface area contributed by atoms with Gasteiger partial charge in [0, 0.05) is 5.69 Å². The van der Waals surface area contributed by atoms with E-state index in [1.807, 2.05) is 6.92 Å². The van der Waals surface area contributed by atoms with Gasteiger partial charge in [0.2, 0.25) is 0 Å². The molecule has 14 heavy (non-hydrogen) atoms. The molecule has 0 saturated heterocycles. The maximum atomic E-state index is 11.6. The number of carbonyl (C=O) groups excluding carboxylic acids is 1. The Balaban J connectivity index is 2.37. The molecule has 0 radical (unpaired) electrons. The third-order valence-corrected chi connectivity index (χ3v) is 2.84. The number of fused-ring (bicyclic) bond motifs is 1. The zero-order valence-electron chi connectivity index (χ0n) is 8.09. The number of aryl methyl sites for hydroxylation is 1. The van der Waals surface area contributed by atoms with Crippen LogP contribution in [0.1, 0.15) is 35.0 Å². The van der Waals surface area contributed by atoms with Crippen LogP contribution in [0.2, 0.25) is 0 Å². The van der Waals surface area contributed by atoms with Crippen LogP contribution in [0.25, 0.3) is 0 Å². The number of esters is 1. The third kappa shape index (κ3) is 1.43. The Morgan fingerprint density at radius 2 is 2.36 bits per heavy atom. The lowest BCUT2D eigenvalue weighted by atomic mass is 10.1. The van der Waals surface area contributed by atoms with Crippen molar-refractivity contribution < 1.29 is 9.53 Å². The molecular weight excluding hydrogens is 198 g/mol. The van der Waals surface area contributed by atoms with Crippen molar-refractivity contribution in [3.63, 3.8) is 0 Å². The normalized spacial score (nSPS) is 14.1. The van der Waals surface area contributed by atoms with E-state index in [0.717, 1.165) is 30.5 Å². The molecule has 1 heterocycles. The Hall–Kier alpha value is -0.900. The number of carbonyl (C=O) groups is 1. The first-order valence-corrected chi connectivity index (χ1v) is 5.28. The highest BCUT2D eigenvalue weighted by Gasteiger charge is 2.25. The molecule has 76 valence electrons. The van der Waals surface area contributed by atoms with Crippen LogP contribution in [0.15, 0.2) is 5.03 Å². The molecule has 1 aromatic rings. The molecule has 0 unspecified atom stereocenters. The van der Waals surface area contributed by atoms with E-state index in [9.17, 15) is 4.79 Å². The van der Waals surface area contributed by atoms with Crippen molar-refractivity contribution in [2.24, 2.45) is 0 Å². The van der Waals surface area contributed by atoms with Crippen LogP contribution in [-0.4, -0.2) is 17.6 Å². The van der Waals surface area contributed by atoms with Gasteiger partial charge in [0.05, 0.1) is 17.2 Å². The molecule has 0 amide bonds. The second-order valence-electron chi connectivity index (χ2n) is 3.38. The van der Waals surface area contributed by atoms with Crippen molar-refractivity contribution in [1.82, 2.24) is 4.98 Å². The van der Waals surface area contributed by atoms with Crippen molar-refractivity contribution in [3.8, 4) is 0 Å². The Morgan fingerprint density at radius 3 is 3.07 bits per heavy atom. The number of hydrogen-bond donors (Lipinski definition) is 2. The number of ether oxygens (including phenoxy) is 1. The molecule has 1 aliphatic carbocycles. The average molecular weight is 211 g/mol. The standard InChI is InChI=1S/C10H13NO2S/c1-2-13-10(12)8-6-4-3-5-7(6)11-9(8)14/h11,14H,2-5H2,1H3. The minimum absolute atomic E-state index is 0.253. The number of hydrogen-bond acceptors (Lipinski definition) is 3. The fourth-order valence-corrected chi connectivity index (χ4v) is 2.29. The number of thiol groups is 1. The minimum Gasteiger partial charge on any atom is -0.462 e. The summed E-state index contributed by atoms with van der Waals surface area (Å²) in [5, 5.41) is 0.646. The first kappa shape index (κ1) is 9.65. The lowest BCUT2D eigenvalue weighted by Crippen LogP contribution is -2.06. The van der Waals surface area contributed by atoms with Crippen LogP contribution in [0, 0.1) is 0 Å². The first-order chi connectivity index (χ1) is 6.74. The lowest BCUT2D eigenvalue weighted by Gasteiger charge is -2.02. The molecule has 0 aromatic carbocycles. The van der Waals surface area contributed by atoms with Gasteiger partial charge in [0.1, 0.15) is 0 Å². The van der Waals surface area contributed by atoms with Crippen molar-refractivity contribution >= 4 is 18.6 Å². The van der Waals surface area contributed by atoms with Gasteiger partial charge in [0.15, 0.2) is 0 Å². The van der Waals surface area contributed by atoms with Gasteiger partial charge in [-0.25, -0.2) is 4.79 Å². The largest absolute Gasteiger partial charge is 0.462 e. The van der Waals surface area contributed by atoms with Crippen molar-refractivity contribution in [2.75, 3.05) is 6.61 Å². The number of rotatable bonds is 2. The summed E-state index contributed by atoms with van der Waals surface area (Å²) in [5.74, 6) is -0.253. The van der Waals surface area contributed by atoms with E-state index in [1.165, 1.54) is 0 Å². The van der Waals surface area contributed by atoms with Crippen molar-refractivity contribution in [3.05, 3.63) is 16.8 Å². The van der Waals surface area contributed by atoms with Crippen molar-refractivity contribution in [1.29, 1.82) is 0 Å². The van der Waals surface area contributed by atoms with Gasteiger partial charge in [0.25, 0.3) is 0 Å². The van der Waals surface area contributed by atoms with Gasteiger partial charge >= 0.3 is 5.97 Å². The topological polar surface area (TPSA) is 42.1 Å². The predicted octanol–water partition coefficient (Wildman–Crippen LogP) is 1.97. The van der Waals surface area contributed by atoms with Crippen LogP contribution in [0.4, 0.5) is 0 Å². The predicted molar refractivity (Wildman–Crippen MR) is 56.0 cm³/mol. The molecule has 0 fully saturated rings. The fraction of sp³-hybridized carbons (Fsp3) is 0.500. The molecular formula is C10H13NO2S. The number of nitrogens with one attached hydrogen (secondary N) is 1. The van der Waals surface area contributed by atoms with E-state index in [1.54, 1.807) is 0 Å². The quantitative estimate of drug-likeness (QED) is 0.580. The first-order valence-electron chi connectivity index (χ1n) is 4.83. The highest BCUT2D eigenvalue weighted by Crippen LogP contribution is 2.30. The molecule has 0 bridgehead atoms. The maximum absolute atomic E-state index is 11.6. The van der Waals surface area contributed by atoms with E-state index >= 15 is 0 Å². The highest BCUT2D eigenvalue weighted by molar-refractivity contribution is 7.80. The van der Waals surface area contributed by atoms with E-state index in [4.69, 9.17) is 4.74 Å². The summed E-state index contributed by atoms with van der Waals surface area (Å²) in [7, 11) is 0. The summed E-state index contributed by atoms with van der Waals surface area (Å²) in [6, 6.07) is 0. The summed E-state index contributed by atoms with van der Waals surface area (Å²) in [5.41, 5.74) is 2.90. The SMILES string of the molecule is CCOC(=O)c1c(S)[nH]c2c1CCC2. The molecule has 4 heteroatoms. The molecule has 1 aromatic heterocycles. The second kappa shape index (κ2) is 3.69. The third-order valence-electron chi connectivity index (χ3n) is 2.51. The van der Waals surface area contributed by atoms with Crippen LogP contribution < -0.4 is 0 Å². The summed E-state index contributed by atoms with van der Waals surface area (Å²) in [6.07, 6.45) is 3.09. The second-order valence-corrected chi connectivity index (χ2v) is 3.83. The Kier molecular flexibility index (Phi) is 2.54. The minimum atomic E-state index is -0.253. The fourth-order valence-electron chi connectivity index (χ4n) is 1.93. The van der Waals surface area contributed by atoms with E-state index in [-0.39, 0.29) is 5.97 Å². The Bertz CT molecular complexity index is 370. The monoisotopic (exact) mass is 211 g/mol. The molecule has 2 rings (SSSR count). The zero-order valence-corrected chi connectivity index (χ0v) is 8.99. The maximum Gasteiger partial charge on any atom is 0.341 e. The molecule has 3 nitrogen and oxygen atoms in total. The van der Waals surface area contributed by atoms with Gasteiger partial charge in [-0.15, -0.1) is 12.6 Å². The molecule has 1 N–H and O–H groups in total. The van der Waals surface area contributed by atoms with Gasteiger partial charge in [-0.3, -0.25) is 0 Å². The van der Waals surface area contributed by atoms with Crippen molar-refractivity contribution in [2.45, 2.75) is 31.2 Å². The number of H-pyrrole nitrogens is 1. The van der Waals surface area contributed by atoms with E-state index in [2.05, 4.69) is 17.6 Å². The van der Waals surface area contributed by atoms with Gasteiger partial charge in [-0.1, -0.05) is 0 Å². The van der Waals surface area contributed by atoms with Gasteiger partial charge in [-0.05, 0) is 31.7 Å². The number of aromatic amines is 1. The summed E-state index contributed by atoms with van der Waals surface area (Å²) in [6.45, 7) is 2.22. The molecule has 0 aliphatic heterocycles. The number of aromatic nitrogens is 1. The van der Waals surface area contributed by atoms with Gasteiger partial charge < -0.3 is 9.72 Å². The molecule has 0 saturated carbocycles. The average Bonchev–Trinajstić information content (AvgIpc) is 2.63. The van der Waals surface area contributed by atoms with Crippen LogP contribution in [0.3, 0.4) is 0 Å². The zero-order chi connectivity index (χ0) is 10.1. The Labute approximate surface area is 88.3 Å². The van der Waals surface area contributed by atoms with E-state index < -0.39 is 0 Å². The molecule has 0 spiro atoms. The van der Waals surface area contributed by atoms with Crippen LogP contribution in [-0.2, 0) is 17.6 Å². The van der Waals surface area contributed by atoms with Crippen LogP contribution >= 0.6 is 12.6 Å². The summed E-state index contributed by atoms with van der Waals surface area (Å²) < 4.78 is 4.98. The molecule has 0 atom stereocenters. The van der Waals surface area contributed by atoms with Gasteiger partial charge in [-0.2, -0.15) is 0 Å². The lowest BCUT2D eigenvalue weighted by molar-refractivity contribution is 0.0521. The Morgan fingerprint density at radius 1 is 1.57 bits per heavy atom. The molecule has 1 aliphatic rings. The highest BCUT2D eigenvalue weighted by atomic mass is 32.1. The smallest absolute Gasteiger partial charge is 0.341 e. The summed E-state index contributed by atoms with van der Waals surface area (Å²) in [4.78, 5) is 14.7. The van der Waals surface area contributed by atoms with E-state index in [0.29, 0.717) is 17.2 Å². The van der Waals surface area contributed by atoms with Crippen LogP contribution in [0.5, 0.6) is 0 Å². The summed E-state index contributed by atoms with van der Waals surface area (Å²) >= 11 is 4.25.